The summed E-state index contributed by atoms with van der Waals surface area (Å²) in [6, 6.07) is 9.20. The Labute approximate surface area is 174 Å². The molecule has 1 amide bonds. The first-order valence-electron chi connectivity index (χ1n) is 8.60. The van der Waals surface area contributed by atoms with Gasteiger partial charge in [-0.3, -0.25) is 4.79 Å². The second kappa shape index (κ2) is 7.87. The number of hydrogen-bond acceptors (Lipinski definition) is 5. The molecular formula is C20H14Cl2FN3O3. The maximum absolute atomic E-state index is 13.7. The van der Waals surface area contributed by atoms with E-state index in [0.29, 0.717) is 50.3 Å². The topological polar surface area (TPSA) is 87.4 Å². The molecule has 3 aromatic heterocycles. The molecule has 3 N–H and O–H groups in total. The molecule has 4 rings (SSSR count). The maximum Gasteiger partial charge on any atom is 0.260 e. The van der Waals surface area contributed by atoms with Crippen molar-refractivity contribution in [3.63, 3.8) is 0 Å². The normalized spacial score (nSPS) is 11.2. The summed E-state index contributed by atoms with van der Waals surface area (Å²) in [4.78, 5) is 16.6. The highest BCUT2D eigenvalue weighted by molar-refractivity contribution is 6.42. The number of benzene rings is 2. The van der Waals surface area contributed by atoms with Crippen molar-refractivity contribution in [2.75, 3.05) is 23.8 Å². The Hall–Kier alpha value is -2.87. The molecule has 0 aliphatic rings. The standard InChI is InChI=1S/C20H14Cl2FN3O3/c21-12-2-1-11(8-13(12)22)26-20(28)18-15-9-14(24-5-6-27)19(29-15)17(18)10-3-4-25-16(23)7-10/h1-4,7-9,24,27H,5-6H2,(H,26,28). The summed E-state index contributed by atoms with van der Waals surface area (Å²) in [5, 5.41) is 15.5. The Kier molecular flexibility index (Phi) is 5.27. The summed E-state index contributed by atoms with van der Waals surface area (Å²) in [5.74, 6) is -1.13. The summed E-state index contributed by atoms with van der Waals surface area (Å²) in [6.45, 7) is 0.225. The molecule has 3 heterocycles. The number of aliphatic hydroxyl groups is 1. The van der Waals surface area contributed by atoms with Crippen LogP contribution in [-0.2, 0) is 0 Å². The van der Waals surface area contributed by atoms with Gasteiger partial charge in [-0.1, -0.05) is 23.2 Å². The van der Waals surface area contributed by atoms with Gasteiger partial charge in [-0.2, -0.15) is 4.39 Å². The van der Waals surface area contributed by atoms with Gasteiger partial charge in [-0.05, 0) is 29.8 Å². The summed E-state index contributed by atoms with van der Waals surface area (Å²) in [6.07, 6.45) is 1.31. The van der Waals surface area contributed by atoms with Crippen molar-refractivity contribution in [2.45, 2.75) is 0 Å². The van der Waals surface area contributed by atoms with E-state index in [4.69, 9.17) is 32.7 Å². The number of hydrogen-bond donors (Lipinski definition) is 3. The lowest BCUT2D eigenvalue weighted by atomic mass is 9.99. The summed E-state index contributed by atoms with van der Waals surface area (Å²) >= 11 is 11.9. The molecule has 2 bridgehead atoms. The van der Waals surface area contributed by atoms with Crippen molar-refractivity contribution < 1.29 is 18.7 Å². The predicted octanol–water partition coefficient (Wildman–Crippen LogP) is 5.04. The van der Waals surface area contributed by atoms with Crippen LogP contribution in [0.1, 0.15) is 10.4 Å². The van der Waals surface area contributed by atoms with Crippen molar-refractivity contribution in [2.24, 2.45) is 0 Å². The van der Waals surface area contributed by atoms with Gasteiger partial charge >= 0.3 is 0 Å². The first-order chi connectivity index (χ1) is 14.0. The Morgan fingerprint density at radius 3 is 2.72 bits per heavy atom. The van der Waals surface area contributed by atoms with E-state index < -0.39 is 11.9 Å². The molecular weight excluding hydrogens is 420 g/mol. The van der Waals surface area contributed by atoms with Gasteiger partial charge in [0.15, 0.2) is 5.58 Å². The zero-order chi connectivity index (χ0) is 20.5. The number of halogens is 3. The zero-order valence-electron chi connectivity index (χ0n) is 14.8. The van der Waals surface area contributed by atoms with E-state index in [0.717, 1.165) is 0 Å². The Balaban J connectivity index is 1.78. The second-order valence-electron chi connectivity index (χ2n) is 6.20. The van der Waals surface area contributed by atoms with E-state index in [1.165, 1.54) is 18.3 Å². The van der Waals surface area contributed by atoms with Crippen LogP contribution in [-0.4, -0.2) is 29.1 Å². The Morgan fingerprint density at radius 2 is 2.00 bits per heavy atom. The SMILES string of the molecule is O=C(Nc1ccc(Cl)c(Cl)c1)c1c(-c2ccnc(F)c2)c2oc1cc2NCCO. The quantitative estimate of drug-likeness (QED) is 0.371. The number of nitrogens with zero attached hydrogens (tertiary/aromatic N) is 1. The summed E-state index contributed by atoms with van der Waals surface area (Å²) in [7, 11) is 0. The third-order valence-corrected chi connectivity index (χ3v) is 5.04. The van der Waals surface area contributed by atoms with Crippen LogP contribution in [0.3, 0.4) is 0 Å². The van der Waals surface area contributed by atoms with E-state index in [9.17, 15) is 9.18 Å². The van der Waals surface area contributed by atoms with E-state index >= 15 is 0 Å². The number of amides is 1. The molecule has 29 heavy (non-hydrogen) atoms. The molecule has 9 heteroatoms. The number of rotatable bonds is 6. The van der Waals surface area contributed by atoms with Gasteiger partial charge in [-0.15, -0.1) is 0 Å². The number of aliphatic hydroxyl groups excluding tert-OH is 1. The summed E-state index contributed by atoms with van der Waals surface area (Å²) in [5.41, 5.74) is 2.90. The minimum atomic E-state index is -0.679. The van der Waals surface area contributed by atoms with Crippen LogP contribution in [0.4, 0.5) is 15.8 Å². The predicted molar refractivity (Wildman–Crippen MR) is 111 cm³/mol. The number of anilines is 2. The fourth-order valence-corrected chi connectivity index (χ4v) is 3.38. The van der Waals surface area contributed by atoms with Gasteiger partial charge in [-0.25, -0.2) is 4.98 Å². The molecule has 0 radical (unpaired) electrons. The largest absolute Gasteiger partial charge is 0.454 e. The summed E-state index contributed by atoms with van der Waals surface area (Å²) < 4.78 is 19.5. The molecule has 0 spiro atoms. The zero-order valence-corrected chi connectivity index (χ0v) is 16.3. The van der Waals surface area contributed by atoms with Crippen molar-refractivity contribution in [3.8, 4) is 11.1 Å². The average Bonchev–Trinajstić information content (AvgIpc) is 3.27. The molecule has 6 nitrogen and oxygen atoms in total. The molecule has 0 saturated heterocycles. The van der Waals surface area contributed by atoms with Gasteiger partial charge in [0.05, 0.1) is 27.9 Å². The van der Waals surface area contributed by atoms with Crippen LogP contribution in [0.2, 0.25) is 10.0 Å². The first-order valence-corrected chi connectivity index (χ1v) is 9.35. The van der Waals surface area contributed by atoms with Crippen LogP contribution in [0.25, 0.3) is 22.3 Å². The fraction of sp³-hybridized carbons (Fsp3) is 0.100. The van der Waals surface area contributed by atoms with E-state index in [-0.39, 0.29) is 12.2 Å². The molecule has 0 atom stereocenters. The number of fused-ring (bicyclic) bond motifs is 2. The first kappa shape index (κ1) is 19.4. The third kappa shape index (κ3) is 3.72. The second-order valence-corrected chi connectivity index (χ2v) is 7.02. The minimum absolute atomic E-state index is 0.0758. The molecule has 0 saturated carbocycles. The maximum atomic E-state index is 13.7. The number of pyridine rings is 1. The van der Waals surface area contributed by atoms with Gasteiger partial charge in [0.2, 0.25) is 5.95 Å². The lowest BCUT2D eigenvalue weighted by molar-refractivity contribution is 0.102. The monoisotopic (exact) mass is 433 g/mol. The molecule has 1 aromatic carbocycles. The van der Waals surface area contributed by atoms with Crippen molar-refractivity contribution in [3.05, 3.63) is 64.2 Å². The van der Waals surface area contributed by atoms with Gasteiger partial charge in [0.1, 0.15) is 5.58 Å². The van der Waals surface area contributed by atoms with Crippen LogP contribution < -0.4 is 10.6 Å². The molecule has 0 unspecified atom stereocenters. The van der Waals surface area contributed by atoms with Crippen LogP contribution >= 0.6 is 23.2 Å². The van der Waals surface area contributed by atoms with Gasteiger partial charge in [0, 0.05) is 36.1 Å². The number of nitrogens with one attached hydrogen (secondary N) is 2. The number of carbonyl (C=O) groups is 1. The van der Waals surface area contributed by atoms with Gasteiger partial charge in [0.25, 0.3) is 5.91 Å². The number of carbonyl (C=O) groups excluding carboxylic acids is 1. The molecule has 0 fully saturated rings. The van der Waals surface area contributed by atoms with Crippen LogP contribution in [0, 0.1) is 5.95 Å². The Morgan fingerprint density at radius 1 is 1.17 bits per heavy atom. The van der Waals surface area contributed by atoms with E-state index in [1.807, 2.05) is 0 Å². The van der Waals surface area contributed by atoms with Crippen LogP contribution in [0.5, 0.6) is 0 Å². The van der Waals surface area contributed by atoms with Crippen molar-refractivity contribution >= 4 is 51.6 Å². The molecule has 148 valence electrons. The molecule has 0 aliphatic carbocycles. The lowest BCUT2D eigenvalue weighted by Crippen LogP contribution is -2.13. The fourth-order valence-electron chi connectivity index (χ4n) is 3.08. The van der Waals surface area contributed by atoms with Crippen molar-refractivity contribution in [1.82, 2.24) is 4.98 Å². The van der Waals surface area contributed by atoms with Crippen molar-refractivity contribution in [1.29, 1.82) is 0 Å². The Bertz CT molecular complexity index is 1200. The number of furan rings is 2. The molecule has 0 aliphatic heterocycles. The van der Waals surface area contributed by atoms with E-state index in [2.05, 4.69) is 15.6 Å². The van der Waals surface area contributed by atoms with Crippen LogP contribution in [0.15, 0.2) is 47.0 Å². The van der Waals surface area contributed by atoms with E-state index in [1.54, 1.807) is 24.3 Å². The highest BCUT2D eigenvalue weighted by Crippen LogP contribution is 2.42. The number of aromatic nitrogens is 1. The average molecular weight is 434 g/mol. The minimum Gasteiger partial charge on any atom is -0.454 e. The molecule has 4 aromatic rings. The lowest BCUT2D eigenvalue weighted by Gasteiger charge is -2.10. The highest BCUT2D eigenvalue weighted by Gasteiger charge is 2.27. The smallest absolute Gasteiger partial charge is 0.260 e. The van der Waals surface area contributed by atoms with Gasteiger partial charge < -0.3 is 20.2 Å². The third-order valence-electron chi connectivity index (χ3n) is 4.30. The highest BCUT2D eigenvalue weighted by atomic mass is 35.5.